The number of fused-ring (bicyclic) bond motifs is 1. The quantitative estimate of drug-likeness (QED) is 0.819. The van der Waals surface area contributed by atoms with Crippen molar-refractivity contribution in [1.82, 2.24) is 0 Å². The summed E-state index contributed by atoms with van der Waals surface area (Å²) in [6, 6.07) is 6.81. The molecule has 0 spiro atoms. The molecular weight excluding hydrogens is 233 g/mol. The Hall–Kier alpha value is -1.37. The molecule has 0 saturated heterocycles. The van der Waals surface area contributed by atoms with Crippen LogP contribution in [0.25, 0.3) is 10.1 Å². The number of nitrogens with two attached hydrogens (primary N) is 1. The van der Waals surface area contributed by atoms with Crippen LogP contribution in [0.3, 0.4) is 0 Å². The second-order valence-corrected chi connectivity index (χ2v) is 5.02. The van der Waals surface area contributed by atoms with Crippen molar-refractivity contribution in [2.75, 3.05) is 0 Å². The van der Waals surface area contributed by atoms with Gasteiger partial charge in [0.05, 0.1) is 0 Å². The molecule has 1 unspecified atom stereocenters. The van der Waals surface area contributed by atoms with Crippen LogP contribution in [0.15, 0.2) is 24.3 Å². The van der Waals surface area contributed by atoms with Crippen LogP contribution >= 0.6 is 11.3 Å². The number of hydrogen-bond donors (Lipinski definition) is 1. The molecule has 0 aliphatic rings. The number of rotatable bonds is 3. The molecule has 2 rings (SSSR count). The summed E-state index contributed by atoms with van der Waals surface area (Å²) >= 11 is 1.63. The second-order valence-electron chi connectivity index (χ2n) is 3.90. The zero-order valence-corrected chi connectivity index (χ0v) is 10.5. The Balaban J connectivity index is 2.20. The minimum absolute atomic E-state index is 0.00342. The maximum atomic E-state index is 13.1. The summed E-state index contributed by atoms with van der Waals surface area (Å²) in [5, 5.41) is 0.932. The van der Waals surface area contributed by atoms with Gasteiger partial charge in [-0.25, -0.2) is 4.39 Å². The normalized spacial score (nSPS) is 12.2. The lowest BCUT2D eigenvalue weighted by Gasteiger charge is -2.05. The van der Waals surface area contributed by atoms with E-state index in [0.717, 1.165) is 27.8 Å². The number of hydrogen-bond acceptors (Lipinski definition) is 2. The lowest BCUT2D eigenvalue weighted by atomic mass is 10.1. The average molecular weight is 247 g/mol. The molecule has 1 nitrogen and oxygen atoms in total. The van der Waals surface area contributed by atoms with Crippen LogP contribution in [0.1, 0.15) is 30.7 Å². The Morgan fingerprint density at radius 1 is 1.41 bits per heavy atom. The van der Waals surface area contributed by atoms with Gasteiger partial charge < -0.3 is 5.73 Å². The van der Waals surface area contributed by atoms with E-state index in [4.69, 9.17) is 5.73 Å². The van der Waals surface area contributed by atoms with Crippen molar-refractivity contribution in [3.8, 4) is 11.8 Å². The van der Waals surface area contributed by atoms with Crippen LogP contribution in [0, 0.1) is 17.7 Å². The van der Waals surface area contributed by atoms with Gasteiger partial charge in [0.2, 0.25) is 0 Å². The average Bonchev–Trinajstić information content (AvgIpc) is 2.72. The Kier molecular flexibility index (Phi) is 3.78. The topological polar surface area (TPSA) is 26.0 Å². The van der Waals surface area contributed by atoms with Gasteiger partial charge in [0, 0.05) is 22.0 Å². The molecule has 0 amide bonds. The molecule has 88 valence electrons. The van der Waals surface area contributed by atoms with Crippen molar-refractivity contribution in [2.45, 2.75) is 25.8 Å². The molecule has 2 N–H and O–H groups in total. The highest BCUT2D eigenvalue weighted by Gasteiger charge is 2.09. The minimum Gasteiger partial charge on any atom is -0.323 e. The van der Waals surface area contributed by atoms with Gasteiger partial charge in [0.15, 0.2) is 0 Å². The summed E-state index contributed by atoms with van der Waals surface area (Å²) in [5.74, 6) is 5.66. The molecule has 1 aromatic carbocycles. The first-order valence-electron chi connectivity index (χ1n) is 5.55. The van der Waals surface area contributed by atoms with Crippen LogP contribution in [-0.2, 0) is 0 Å². The van der Waals surface area contributed by atoms with E-state index in [9.17, 15) is 4.39 Å². The van der Waals surface area contributed by atoms with Crippen LogP contribution < -0.4 is 5.73 Å². The van der Waals surface area contributed by atoms with Crippen molar-refractivity contribution in [2.24, 2.45) is 5.73 Å². The number of thiophene rings is 1. The SMILES string of the molecule is CC#CCCC(N)c1cc2cc(F)ccc2s1. The first kappa shape index (κ1) is 12.1. The number of halogens is 1. The zero-order chi connectivity index (χ0) is 12.3. The largest absolute Gasteiger partial charge is 0.323 e. The van der Waals surface area contributed by atoms with Crippen molar-refractivity contribution in [3.63, 3.8) is 0 Å². The molecule has 0 aliphatic carbocycles. The van der Waals surface area contributed by atoms with E-state index in [1.54, 1.807) is 23.5 Å². The van der Waals surface area contributed by atoms with Gasteiger partial charge in [-0.15, -0.1) is 23.2 Å². The van der Waals surface area contributed by atoms with Crippen LogP contribution in [0.2, 0.25) is 0 Å². The van der Waals surface area contributed by atoms with E-state index >= 15 is 0 Å². The minimum atomic E-state index is -0.202. The highest BCUT2D eigenvalue weighted by molar-refractivity contribution is 7.19. The molecule has 0 radical (unpaired) electrons. The van der Waals surface area contributed by atoms with E-state index in [0.29, 0.717) is 0 Å². The molecule has 1 aromatic heterocycles. The lowest BCUT2D eigenvalue weighted by molar-refractivity contribution is 0.630. The molecule has 1 atom stereocenters. The van der Waals surface area contributed by atoms with Gasteiger partial charge in [-0.05, 0) is 43.0 Å². The van der Waals surface area contributed by atoms with E-state index in [1.807, 2.05) is 13.0 Å². The monoisotopic (exact) mass is 247 g/mol. The Morgan fingerprint density at radius 2 is 2.24 bits per heavy atom. The third-order valence-electron chi connectivity index (χ3n) is 2.62. The smallest absolute Gasteiger partial charge is 0.123 e. The molecule has 17 heavy (non-hydrogen) atoms. The molecule has 3 heteroatoms. The summed E-state index contributed by atoms with van der Waals surface area (Å²) in [7, 11) is 0. The first-order valence-corrected chi connectivity index (χ1v) is 6.36. The van der Waals surface area contributed by atoms with Gasteiger partial charge >= 0.3 is 0 Å². The van der Waals surface area contributed by atoms with Crippen LogP contribution in [0.4, 0.5) is 4.39 Å². The fourth-order valence-corrected chi connectivity index (χ4v) is 2.79. The van der Waals surface area contributed by atoms with Crippen LogP contribution in [-0.4, -0.2) is 0 Å². The summed E-state index contributed by atoms with van der Waals surface area (Å²) in [6.07, 6.45) is 1.65. The molecule has 0 aliphatic heterocycles. The molecule has 0 bridgehead atoms. The summed E-state index contributed by atoms with van der Waals surface area (Å²) in [5.41, 5.74) is 6.09. The van der Waals surface area contributed by atoms with Crippen molar-refractivity contribution < 1.29 is 4.39 Å². The van der Waals surface area contributed by atoms with Gasteiger partial charge in [0.25, 0.3) is 0 Å². The fourth-order valence-electron chi connectivity index (χ4n) is 1.71. The molecule has 0 fully saturated rings. The Morgan fingerprint density at radius 3 is 3.00 bits per heavy atom. The number of benzene rings is 1. The van der Waals surface area contributed by atoms with Crippen molar-refractivity contribution in [1.29, 1.82) is 0 Å². The van der Waals surface area contributed by atoms with Gasteiger partial charge in [-0.3, -0.25) is 0 Å². The summed E-state index contributed by atoms with van der Waals surface area (Å²) < 4.78 is 14.1. The molecule has 1 heterocycles. The highest BCUT2D eigenvalue weighted by Crippen LogP contribution is 2.31. The molecular formula is C14H14FNS. The zero-order valence-electron chi connectivity index (χ0n) is 9.66. The fraction of sp³-hybridized carbons (Fsp3) is 0.286. The standard InChI is InChI=1S/C14H14FNS/c1-2-3-4-5-12(16)14-9-10-8-11(15)6-7-13(10)17-14/h6-9,12H,4-5,16H2,1H3. The van der Waals surface area contributed by atoms with Gasteiger partial charge in [0.1, 0.15) is 5.82 Å². The van der Waals surface area contributed by atoms with E-state index in [1.165, 1.54) is 6.07 Å². The molecule has 2 aromatic rings. The van der Waals surface area contributed by atoms with Crippen molar-refractivity contribution in [3.05, 3.63) is 35.0 Å². The first-order chi connectivity index (χ1) is 8.20. The Bertz CT molecular complexity index is 577. The van der Waals surface area contributed by atoms with Crippen LogP contribution in [0.5, 0.6) is 0 Å². The predicted octanol–water partition coefficient (Wildman–Crippen LogP) is 3.84. The third-order valence-corrected chi connectivity index (χ3v) is 3.87. The lowest BCUT2D eigenvalue weighted by Crippen LogP contribution is -2.07. The van der Waals surface area contributed by atoms with Gasteiger partial charge in [-0.2, -0.15) is 0 Å². The maximum absolute atomic E-state index is 13.1. The highest BCUT2D eigenvalue weighted by atomic mass is 32.1. The molecule has 0 saturated carbocycles. The van der Waals surface area contributed by atoms with Gasteiger partial charge in [-0.1, -0.05) is 0 Å². The Labute approximate surface area is 104 Å². The van der Waals surface area contributed by atoms with E-state index in [2.05, 4.69) is 11.8 Å². The van der Waals surface area contributed by atoms with Crippen molar-refractivity contribution >= 4 is 21.4 Å². The summed E-state index contributed by atoms with van der Waals surface area (Å²) in [6.45, 7) is 1.83. The maximum Gasteiger partial charge on any atom is 0.123 e. The predicted molar refractivity (Wildman–Crippen MR) is 71.4 cm³/mol. The second kappa shape index (κ2) is 5.31. The van der Waals surface area contributed by atoms with E-state index in [-0.39, 0.29) is 11.9 Å². The third kappa shape index (κ3) is 2.85. The van der Waals surface area contributed by atoms with E-state index < -0.39 is 0 Å². The summed E-state index contributed by atoms with van der Waals surface area (Å²) in [4.78, 5) is 1.10.